The molecule has 3 heterocycles. The molecule has 212 valence electrons. The molecule has 18 heteroatoms. The normalized spacial score (nSPS) is 18.9. The number of aromatic nitrogens is 4. The van der Waals surface area contributed by atoms with Crippen LogP contribution in [0.25, 0.3) is 0 Å². The second-order valence-electron chi connectivity index (χ2n) is 7.96. The number of carboxylic acids is 2. The second-order valence-corrected chi connectivity index (χ2v) is 10.0. The number of hydrogen-bond donors (Lipinski definition) is 4. The number of carboxylic acid groups (broad SMARTS) is 2. The van der Waals surface area contributed by atoms with Crippen molar-refractivity contribution in [2.24, 2.45) is 5.73 Å². The van der Waals surface area contributed by atoms with E-state index < -0.39 is 47.4 Å². The van der Waals surface area contributed by atoms with Gasteiger partial charge in [-0.25, -0.2) is 14.3 Å². The number of tetrazole rings is 1. The van der Waals surface area contributed by atoms with Gasteiger partial charge in [-0.1, -0.05) is 48.0 Å². The highest BCUT2D eigenvalue weighted by Crippen LogP contribution is 2.41. The van der Waals surface area contributed by atoms with Crippen molar-refractivity contribution in [2.75, 3.05) is 11.5 Å². The summed E-state index contributed by atoms with van der Waals surface area (Å²) in [7, 11) is 0. The molecule has 0 radical (unpaired) electrons. The van der Waals surface area contributed by atoms with Crippen LogP contribution in [-0.2, 0) is 25.7 Å². The lowest BCUT2D eigenvalue weighted by Gasteiger charge is -2.49. The largest absolute Gasteiger partial charge is 0.490 e. The van der Waals surface area contributed by atoms with Crippen molar-refractivity contribution >= 4 is 47.3 Å². The van der Waals surface area contributed by atoms with E-state index in [1.54, 1.807) is 24.3 Å². The molecule has 40 heavy (non-hydrogen) atoms. The lowest BCUT2D eigenvalue weighted by atomic mass is 10.0. The van der Waals surface area contributed by atoms with Crippen LogP contribution in [0.2, 0.25) is 0 Å². The third-order valence-corrected chi connectivity index (χ3v) is 7.73. The maximum absolute atomic E-state index is 12.8. The Morgan fingerprint density at radius 1 is 1.27 bits per heavy atom. The minimum atomic E-state index is -5.08. The number of aliphatic carboxylic acids is 2. The smallest absolute Gasteiger partial charge is 0.477 e. The molecule has 0 bridgehead atoms. The van der Waals surface area contributed by atoms with Crippen molar-refractivity contribution in [1.82, 2.24) is 30.4 Å². The second kappa shape index (κ2) is 12.8. The number of carbonyl (C=O) groups is 4. The van der Waals surface area contributed by atoms with Gasteiger partial charge >= 0.3 is 18.1 Å². The summed E-state index contributed by atoms with van der Waals surface area (Å²) >= 11 is 2.61. The van der Waals surface area contributed by atoms with E-state index in [4.69, 9.17) is 22.1 Å². The number of benzene rings is 1. The first kappa shape index (κ1) is 30.5. The molecule has 0 spiro atoms. The fourth-order valence-corrected chi connectivity index (χ4v) is 5.85. The van der Waals surface area contributed by atoms with Crippen LogP contribution in [0.3, 0.4) is 0 Å². The van der Waals surface area contributed by atoms with Crippen LogP contribution in [0.1, 0.15) is 11.6 Å². The van der Waals surface area contributed by atoms with Crippen LogP contribution < -0.4 is 11.1 Å². The van der Waals surface area contributed by atoms with E-state index in [1.807, 2.05) is 6.07 Å². The highest BCUT2D eigenvalue weighted by Gasteiger charge is 2.54. The molecule has 1 fully saturated rings. The highest BCUT2D eigenvalue weighted by atomic mass is 32.2. The number of β-lactam (4-membered cyclic amide) rings is 1. The molecule has 2 aliphatic rings. The van der Waals surface area contributed by atoms with Gasteiger partial charge in [0.2, 0.25) is 11.1 Å². The highest BCUT2D eigenvalue weighted by molar-refractivity contribution is 8.01. The number of fused-ring (bicyclic) bond motifs is 1. The molecule has 2 unspecified atom stereocenters. The molecule has 2 aliphatic heterocycles. The van der Waals surface area contributed by atoms with Gasteiger partial charge < -0.3 is 21.3 Å². The molecule has 2 aromatic rings. The summed E-state index contributed by atoms with van der Waals surface area (Å²) in [5, 5.41) is 30.8. The fourth-order valence-electron chi connectivity index (χ4n) is 3.49. The molecule has 0 aliphatic carbocycles. The van der Waals surface area contributed by atoms with Gasteiger partial charge in [0.15, 0.2) is 0 Å². The van der Waals surface area contributed by atoms with Gasteiger partial charge in [-0.3, -0.25) is 14.5 Å². The first-order valence-electron chi connectivity index (χ1n) is 11.0. The van der Waals surface area contributed by atoms with Crippen LogP contribution in [0, 0.1) is 12.3 Å². The third kappa shape index (κ3) is 6.91. The minimum absolute atomic E-state index is 0.0786. The maximum atomic E-state index is 12.8. The number of nitrogens with one attached hydrogen (secondary N) is 1. The van der Waals surface area contributed by atoms with E-state index in [9.17, 15) is 32.7 Å². The molecule has 3 atom stereocenters. The zero-order valence-electron chi connectivity index (χ0n) is 20.1. The van der Waals surface area contributed by atoms with Crippen LogP contribution in [0.5, 0.6) is 0 Å². The zero-order chi connectivity index (χ0) is 29.6. The Kier molecular flexibility index (Phi) is 9.78. The number of terminal acetylenes is 1. The summed E-state index contributed by atoms with van der Waals surface area (Å²) in [5.74, 6) is -1.87. The summed E-state index contributed by atoms with van der Waals surface area (Å²) < 4.78 is 33.2. The first-order valence-corrected chi connectivity index (χ1v) is 13.0. The fraction of sp³-hybridized carbons (Fsp3) is 0.318. The molecule has 1 saturated heterocycles. The Balaban J connectivity index is 0.000000559. The SMILES string of the molecule is C#CCn1nnnc1SCC1=C(C(=O)O)N2C(=O)C(NC(=O)C(N)c3ccccc3)[C@H]2SC1.O=C(O)C(F)(F)F. The van der Waals surface area contributed by atoms with Crippen molar-refractivity contribution in [3.8, 4) is 12.3 Å². The van der Waals surface area contributed by atoms with Crippen molar-refractivity contribution in [3.05, 3.63) is 47.2 Å². The van der Waals surface area contributed by atoms with E-state index in [-0.39, 0.29) is 18.0 Å². The van der Waals surface area contributed by atoms with Gasteiger partial charge in [-0.2, -0.15) is 13.2 Å². The summed E-state index contributed by atoms with van der Waals surface area (Å²) in [6, 6.07) is 7.02. The Bertz CT molecular complexity index is 1360. The zero-order valence-corrected chi connectivity index (χ0v) is 21.7. The van der Waals surface area contributed by atoms with Crippen molar-refractivity contribution in [2.45, 2.75) is 35.3 Å². The van der Waals surface area contributed by atoms with Gasteiger partial charge in [0.1, 0.15) is 29.7 Å². The summed E-state index contributed by atoms with van der Waals surface area (Å²) in [5.41, 5.74) is 7.11. The molecule has 0 saturated carbocycles. The predicted molar refractivity (Wildman–Crippen MR) is 134 cm³/mol. The number of halogens is 3. The van der Waals surface area contributed by atoms with E-state index >= 15 is 0 Å². The molecule has 5 N–H and O–H groups in total. The predicted octanol–water partition coefficient (Wildman–Crippen LogP) is 0.470. The lowest BCUT2D eigenvalue weighted by molar-refractivity contribution is -0.192. The molecule has 1 aromatic carbocycles. The van der Waals surface area contributed by atoms with E-state index in [0.29, 0.717) is 22.0 Å². The number of thioether (sulfide) groups is 2. The van der Waals surface area contributed by atoms with E-state index in [0.717, 1.165) is 0 Å². The van der Waals surface area contributed by atoms with Crippen molar-refractivity contribution < 1.29 is 42.6 Å². The number of hydrogen-bond acceptors (Lipinski definition) is 10. The van der Waals surface area contributed by atoms with Crippen LogP contribution in [0.15, 0.2) is 46.8 Å². The topological polar surface area (TPSA) is 194 Å². The van der Waals surface area contributed by atoms with Crippen LogP contribution in [0.4, 0.5) is 13.2 Å². The molecular weight excluding hydrogens is 579 g/mol. The Morgan fingerprint density at radius 2 is 1.93 bits per heavy atom. The van der Waals surface area contributed by atoms with Crippen LogP contribution >= 0.6 is 23.5 Å². The van der Waals surface area contributed by atoms with Crippen LogP contribution in [-0.4, -0.2) is 88.2 Å². The summed E-state index contributed by atoms with van der Waals surface area (Å²) in [6.07, 6.45) is 0.213. The van der Waals surface area contributed by atoms with Gasteiger partial charge in [-0.05, 0) is 21.6 Å². The molecule has 2 amide bonds. The molecular formula is C22H20F3N7O6S2. The van der Waals surface area contributed by atoms with Gasteiger partial charge in [0.25, 0.3) is 5.91 Å². The van der Waals surface area contributed by atoms with Gasteiger partial charge in [0, 0.05) is 11.5 Å². The van der Waals surface area contributed by atoms with Gasteiger partial charge in [-0.15, -0.1) is 23.3 Å². The minimum Gasteiger partial charge on any atom is -0.477 e. The monoisotopic (exact) mass is 599 g/mol. The Morgan fingerprint density at radius 3 is 2.50 bits per heavy atom. The van der Waals surface area contributed by atoms with Crippen molar-refractivity contribution in [1.29, 1.82) is 0 Å². The molecule has 4 rings (SSSR count). The number of carbonyl (C=O) groups excluding carboxylic acids is 2. The van der Waals surface area contributed by atoms with Crippen molar-refractivity contribution in [3.63, 3.8) is 0 Å². The average molecular weight is 600 g/mol. The van der Waals surface area contributed by atoms with Gasteiger partial charge in [0.05, 0.1) is 0 Å². The number of nitrogens with zero attached hydrogens (tertiary/aromatic N) is 5. The maximum Gasteiger partial charge on any atom is 0.490 e. The number of alkyl halides is 3. The molecule has 13 nitrogen and oxygen atoms in total. The van der Waals surface area contributed by atoms with E-state index in [1.165, 1.54) is 33.1 Å². The lowest BCUT2D eigenvalue weighted by Crippen LogP contribution is -2.71. The molecule has 1 aromatic heterocycles. The number of amides is 2. The number of rotatable bonds is 8. The Hall–Kier alpha value is -4.08. The third-order valence-electron chi connectivity index (χ3n) is 5.35. The summed E-state index contributed by atoms with van der Waals surface area (Å²) in [6.45, 7) is 0.189. The quantitative estimate of drug-likeness (QED) is 0.186. The Labute approximate surface area is 232 Å². The number of nitrogens with two attached hydrogens (primary N) is 1. The van der Waals surface area contributed by atoms with E-state index in [2.05, 4.69) is 26.8 Å². The standard InChI is InChI=1S/C20H19N7O4S2.C2HF3O2/c1-2-8-26-20(23-24-25-26)33-10-12-9-32-18-14(17(29)27(18)15(12)19(30)31)22-16(28)13(21)11-6-4-3-5-7-11;3-2(4,5)1(6)7/h1,3-7,13-14,18H,8-10,21H2,(H,22,28)(H,30,31);(H,6,7)/t13?,14?,18-;/m1./s1. The first-order chi connectivity index (χ1) is 18.9. The summed E-state index contributed by atoms with van der Waals surface area (Å²) in [4.78, 5) is 47.5. The average Bonchev–Trinajstić information content (AvgIpc) is 3.36.